The largest absolute Gasteiger partial charge is 0.496 e. The summed E-state index contributed by atoms with van der Waals surface area (Å²) in [5, 5.41) is 0. The molecule has 1 aliphatic rings. The van der Waals surface area contributed by atoms with Crippen molar-refractivity contribution in [3.63, 3.8) is 0 Å². The molecule has 1 saturated heterocycles. The van der Waals surface area contributed by atoms with Gasteiger partial charge in [0.05, 0.1) is 12.8 Å². The standard InChI is InChI=1S/C19H27N3O2/c1-12-13(2)18(23-4)6-5-16(12)19-21-17(14(3)24-19)11-22-8-7-15(9-20)10-22/h5-6,15H,7-11,20H2,1-4H3/t15-/m1/s1. The molecule has 2 heterocycles. The quantitative estimate of drug-likeness (QED) is 0.913. The van der Waals surface area contributed by atoms with Gasteiger partial charge in [-0.1, -0.05) is 0 Å². The van der Waals surface area contributed by atoms with Crippen molar-refractivity contribution in [1.82, 2.24) is 9.88 Å². The second-order valence-electron chi connectivity index (χ2n) is 6.71. The van der Waals surface area contributed by atoms with Gasteiger partial charge in [-0.15, -0.1) is 0 Å². The molecule has 5 nitrogen and oxygen atoms in total. The van der Waals surface area contributed by atoms with Crippen LogP contribution in [0.4, 0.5) is 0 Å². The number of hydrogen-bond acceptors (Lipinski definition) is 5. The summed E-state index contributed by atoms with van der Waals surface area (Å²) in [6, 6.07) is 4.00. The molecule has 0 saturated carbocycles. The van der Waals surface area contributed by atoms with Crippen molar-refractivity contribution in [2.24, 2.45) is 11.7 Å². The third-order valence-corrected chi connectivity index (χ3v) is 5.16. The second kappa shape index (κ2) is 6.95. The monoisotopic (exact) mass is 329 g/mol. The van der Waals surface area contributed by atoms with Crippen LogP contribution in [-0.2, 0) is 6.54 Å². The molecule has 5 heteroatoms. The Morgan fingerprint density at radius 2 is 2.08 bits per heavy atom. The van der Waals surface area contributed by atoms with Crippen molar-refractivity contribution in [1.29, 1.82) is 0 Å². The average Bonchev–Trinajstić information content (AvgIpc) is 3.17. The number of aryl methyl sites for hydroxylation is 1. The molecule has 2 aromatic rings. The Kier molecular flexibility index (Phi) is 4.92. The number of likely N-dealkylation sites (tertiary alicyclic amines) is 1. The van der Waals surface area contributed by atoms with Crippen molar-refractivity contribution in [2.45, 2.75) is 33.7 Å². The van der Waals surface area contributed by atoms with Gasteiger partial charge in [0.2, 0.25) is 5.89 Å². The molecular weight excluding hydrogens is 302 g/mol. The van der Waals surface area contributed by atoms with Gasteiger partial charge in [-0.3, -0.25) is 4.90 Å². The summed E-state index contributed by atoms with van der Waals surface area (Å²) in [7, 11) is 1.69. The lowest BCUT2D eigenvalue weighted by molar-refractivity contribution is 0.312. The lowest BCUT2D eigenvalue weighted by atomic mass is 10.0. The zero-order chi connectivity index (χ0) is 17.3. The lowest BCUT2D eigenvalue weighted by Gasteiger charge is -2.13. The molecule has 1 fully saturated rings. The van der Waals surface area contributed by atoms with Crippen LogP contribution in [-0.4, -0.2) is 36.6 Å². The first-order valence-corrected chi connectivity index (χ1v) is 8.56. The van der Waals surface area contributed by atoms with Gasteiger partial charge in [0.25, 0.3) is 0 Å². The van der Waals surface area contributed by atoms with Gasteiger partial charge in [0.1, 0.15) is 11.5 Å². The van der Waals surface area contributed by atoms with Crippen molar-refractivity contribution in [2.75, 3.05) is 26.7 Å². The van der Waals surface area contributed by atoms with Crippen molar-refractivity contribution in [3.05, 3.63) is 34.7 Å². The summed E-state index contributed by atoms with van der Waals surface area (Å²) >= 11 is 0. The molecule has 3 rings (SSSR count). The van der Waals surface area contributed by atoms with E-state index in [2.05, 4.69) is 18.7 Å². The molecule has 2 N–H and O–H groups in total. The topological polar surface area (TPSA) is 64.5 Å². The molecule has 130 valence electrons. The van der Waals surface area contributed by atoms with Gasteiger partial charge >= 0.3 is 0 Å². The van der Waals surface area contributed by atoms with E-state index in [4.69, 9.17) is 19.9 Å². The minimum absolute atomic E-state index is 0.614. The zero-order valence-corrected chi connectivity index (χ0v) is 15.1. The van der Waals surface area contributed by atoms with E-state index in [0.717, 1.165) is 60.1 Å². The maximum Gasteiger partial charge on any atom is 0.226 e. The first kappa shape index (κ1) is 17.0. The van der Waals surface area contributed by atoms with Gasteiger partial charge in [-0.25, -0.2) is 4.98 Å². The second-order valence-corrected chi connectivity index (χ2v) is 6.71. The maximum absolute atomic E-state index is 5.97. The number of nitrogens with two attached hydrogens (primary N) is 1. The molecule has 0 aliphatic carbocycles. The molecule has 1 aliphatic heterocycles. The van der Waals surface area contributed by atoms with Gasteiger partial charge in [0, 0.05) is 18.7 Å². The smallest absolute Gasteiger partial charge is 0.226 e. The van der Waals surface area contributed by atoms with Crippen LogP contribution in [0.2, 0.25) is 0 Å². The fourth-order valence-electron chi connectivity index (χ4n) is 3.40. The van der Waals surface area contributed by atoms with Gasteiger partial charge in [-0.2, -0.15) is 0 Å². The van der Waals surface area contributed by atoms with Crippen LogP contribution in [0.3, 0.4) is 0 Å². The summed E-state index contributed by atoms with van der Waals surface area (Å²) < 4.78 is 11.4. The highest BCUT2D eigenvalue weighted by Crippen LogP contribution is 2.32. The third-order valence-electron chi connectivity index (χ3n) is 5.16. The van der Waals surface area contributed by atoms with Gasteiger partial charge < -0.3 is 14.9 Å². The van der Waals surface area contributed by atoms with E-state index < -0.39 is 0 Å². The third kappa shape index (κ3) is 3.19. The molecule has 1 aromatic carbocycles. The fourth-order valence-corrected chi connectivity index (χ4v) is 3.40. The van der Waals surface area contributed by atoms with E-state index >= 15 is 0 Å². The first-order chi connectivity index (χ1) is 11.5. The number of oxazole rings is 1. The average molecular weight is 329 g/mol. The normalized spacial score (nSPS) is 18.3. The predicted molar refractivity (Wildman–Crippen MR) is 95.1 cm³/mol. The van der Waals surface area contributed by atoms with Crippen LogP contribution in [0.1, 0.15) is 29.0 Å². The number of hydrogen-bond donors (Lipinski definition) is 1. The van der Waals surface area contributed by atoms with E-state index in [1.165, 1.54) is 6.42 Å². The summed E-state index contributed by atoms with van der Waals surface area (Å²) in [5.74, 6) is 3.10. The van der Waals surface area contributed by atoms with Crippen LogP contribution in [0.15, 0.2) is 16.5 Å². The number of methoxy groups -OCH3 is 1. The first-order valence-electron chi connectivity index (χ1n) is 8.56. The molecule has 1 aromatic heterocycles. The van der Waals surface area contributed by atoms with Gasteiger partial charge in [0.15, 0.2) is 0 Å². The van der Waals surface area contributed by atoms with Crippen molar-refractivity contribution >= 4 is 0 Å². The Labute approximate surface area is 143 Å². The Balaban J connectivity index is 1.83. The molecule has 0 unspecified atom stereocenters. The molecule has 1 atom stereocenters. The minimum Gasteiger partial charge on any atom is -0.496 e. The van der Waals surface area contributed by atoms with Crippen molar-refractivity contribution in [3.8, 4) is 17.2 Å². The van der Waals surface area contributed by atoms with Gasteiger partial charge in [-0.05, 0) is 69.5 Å². The van der Waals surface area contributed by atoms with E-state index in [1.54, 1.807) is 7.11 Å². The molecule has 0 bridgehead atoms. The highest BCUT2D eigenvalue weighted by molar-refractivity contribution is 5.63. The number of nitrogens with zero attached hydrogens (tertiary/aromatic N) is 2. The van der Waals surface area contributed by atoms with E-state index in [9.17, 15) is 0 Å². The Hall–Kier alpha value is -1.85. The fraction of sp³-hybridized carbons (Fsp3) is 0.526. The maximum atomic E-state index is 5.97. The molecular formula is C19H27N3O2. The number of aromatic nitrogens is 1. The number of ether oxygens (including phenoxy) is 1. The summed E-state index contributed by atoms with van der Waals surface area (Å²) in [6.07, 6.45) is 1.18. The Bertz CT molecular complexity index is 724. The zero-order valence-electron chi connectivity index (χ0n) is 15.1. The SMILES string of the molecule is COc1ccc(-c2nc(CN3CC[C@H](CN)C3)c(C)o2)c(C)c1C. The highest BCUT2D eigenvalue weighted by Gasteiger charge is 2.23. The molecule has 0 spiro atoms. The Morgan fingerprint density at radius 1 is 1.29 bits per heavy atom. The van der Waals surface area contributed by atoms with Crippen LogP contribution in [0, 0.1) is 26.7 Å². The summed E-state index contributed by atoms with van der Waals surface area (Å²) in [6.45, 7) is 9.88. The van der Waals surface area contributed by atoms with Crippen LogP contribution in [0.5, 0.6) is 5.75 Å². The Morgan fingerprint density at radius 3 is 2.75 bits per heavy atom. The lowest BCUT2D eigenvalue weighted by Crippen LogP contribution is -2.23. The summed E-state index contributed by atoms with van der Waals surface area (Å²) in [5.41, 5.74) is 10.1. The highest BCUT2D eigenvalue weighted by atomic mass is 16.5. The van der Waals surface area contributed by atoms with E-state index in [-0.39, 0.29) is 0 Å². The van der Waals surface area contributed by atoms with Crippen molar-refractivity contribution < 1.29 is 9.15 Å². The predicted octanol–water partition coefficient (Wildman–Crippen LogP) is 3.06. The molecule has 0 amide bonds. The molecule has 24 heavy (non-hydrogen) atoms. The number of rotatable bonds is 5. The van der Waals surface area contributed by atoms with Crippen LogP contribution < -0.4 is 10.5 Å². The van der Waals surface area contributed by atoms with E-state index in [0.29, 0.717) is 11.8 Å². The number of benzene rings is 1. The van der Waals surface area contributed by atoms with Crippen LogP contribution >= 0.6 is 0 Å². The van der Waals surface area contributed by atoms with E-state index in [1.807, 2.05) is 19.1 Å². The van der Waals surface area contributed by atoms with Crippen LogP contribution in [0.25, 0.3) is 11.5 Å². The summed E-state index contributed by atoms with van der Waals surface area (Å²) in [4.78, 5) is 7.19. The molecule has 0 radical (unpaired) electrons. The minimum atomic E-state index is 0.614.